The van der Waals surface area contributed by atoms with E-state index in [0.29, 0.717) is 11.1 Å². The Kier molecular flexibility index (Phi) is 5.46. The summed E-state index contributed by atoms with van der Waals surface area (Å²) in [5, 5.41) is 30.2. The number of carbonyl (C=O) groups excluding carboxylic acids is 1. The van der Waals surface area contributed by atoms with Crippen molar-refractivity contribution >= 4 is 22.8 Å². The van der Waals surface area contributed by atoms with E-state index in [-0.39, 0.29) is 17.5 Å². The summed E-state index contributed by atoms with van der Waals surface area (Å²) >= 11 is 0. The van der Waals surface area contributed by atoms with Crippen LogP contribution in [0.2, 0.25) is 0 Å². The summed E-state index contributed by atoms with van der Waals surface area (Å²) in [5.41, 5.74) is -0.177. The van der Waals surface area contributed by atoms with Crippen molar-refractivity contribution in [2.45, 2.75) is 6.61 Å². The van der Waals surface area contributed by atoms with Crippen LogP contribution in [0.5, 0.6) is 5.75 Å². The number of nitriles is 1. The molecule has 2 aromatic carbocycles. The Balaban J connectivity index is 2.03. The van der Waals surface area contributed by atoms with Crippen LogP contribution in [0, 0.1) is 11.3 Å². The van der Waals surface area contributed by atoms with Gasteiger partial charge in [0.2, 0.25) is 0 Å². The number of aliphatic carboxylic acids is 1. The molecule has 0 aliphatic carbocycles. The molecule has 9 nitrogen and oxygen atoms in total. The Hall–Kier alpha value is -4.32. The molecular formula is C20H15N3O6. The standard InChI is InChI=1S/C20H15N3O6/c21-9-12-5-7-13(8-6-12)11-29-23-15-4-2-1-3-14(15)18(26)17(20(23)28)19(27)22-10-16(24)25/h1-8,26H,10-11H2,(H,22,27)(H,24,25). The molecule has 0 spiro atoms. The average molecular weight is 393 g/mol. The van der Waals surface area contributed by atoms with Crippen molar-refractivity contribution < 1.29 is 24.6 Å². The van der Waals surface area contributed by atoms with E-state index < -0.39 is 35.3 Å². The van der Waals surface area contributed by atoms with E-state index in [4.69, 9.17) is 15.2 Å². The van der Waals surface area contributed by atoms with Gasteiger partial charge in [-0.05, 0) is 29.8 Å². The third-order valence-electron chi connectivity index (χ3n) is 4.08. The summed E-state index contributed by atoms with van der Waals surface area (Å²) in [4.78, 5) is 41.4. The van der Waals surface area contributed by atoms with Gasteiger partial charge >= 0.3 is 5.97 Å². The molecule has 0 saturated carbocycles. The zero-order valence-electron chi connectivity index (χ0n) is 15.0. The molecule has 3 aromatic rings. The number of para-hydroxylation sites is 1. The fourth-order valence-electron chi connectivity index (χ4n) is 2.69. The minimum absolute atomic E-state index is 0.0451. The van der Waals surface area contributed by atoms with E-state index in [0.717, 1.165) is 4.73 Å². The number of rotatable bonds is 6. The Morgan fingerprint density at radius 2 is 1.83 bits per heavy atom. The summed E-state index contributed by atoms with van der Waals surface area (Å²) in [7, 11) is 0. The number of pyridine rings is 1. The van der Waals surface area contributed by atoms with Crippen LogP contribution in [0.1, 0.15) is 21.5 Å². The molecule has 0 aliphatic heterocycles. The van der Waals surface area contributed by atoms with E-state index in [1.165, 1.54) is 12.1 Å². The van der Waals surface area contributed by atoms with Gasteiger partial charge < -0.3 is 20.4 Å². The topological polar surface area (TPSA) is 142 Å². The first-order valence-corrected chi connectivity index (χ1v) is 8.41. The molecule has 0 aliphatic rings. The number of carbonyl (C=O) groups is 2. The molecule has 1 aromatic heterocycles. The van der Waals surface area contributed by atoms with Crippen molar-refractivity contribution in [3.05, 3.63) is 75.6 Å². The molecule has 3 rings (SSSR count). The predicted octanol–water partition coefficient (Wildman–Crippen LogP) is 1.02. The Morgan fingerprint density at radius 3 is 2.48 bits per heavy atom. The van der Waals surface area contributed by atoms with Gasteiger partial charge in [0.1, 0.15) is 18.9 Å². The highest BCUT2D eigenvalue weighted by Crippen LogP contribution is 2.25. The molecular weight excluding hydrogens is 378 g/mol. The highest BCUT2D eigenvalue weighted by molar-refractivity contribution is 6.02. The van der Waals surface area contributed by atoms with Crippen molar-refractivity contribution in [1.82, 2.24) is 10.0 Å². The zero-order chi connectivity index (χ0) is 21.0. The van der Waals surface area contributed by atoms with Crippen LogP contribution < -0.4 is 15.7 Å². The quantitative estimate of drug-likeness (QED) is 0.568. The number of fused-ring (bicyclic) bond motifs is 1. The Morgan fingerprint density at radius 1 is 1.14 bits per heavy atom. The number of amides is 1. The summed E-state index contributed by atoms with van der Waals surface area (Å²) in [6.45, 7) is -0.757. The maximum atomic E-state index is 12.8. The number of aromatic nitrogens is 1. The first-order valence-electron chi connectivity index (χ1n) is 8.41. The van der Waals surface area contributed by atoms with Crippen molar-refractivity contribution in [3.63, 3.8) is 0 Å². The first-order chi connectivity index (χ1) is 13.9. The largest absolute Gasteiger partial charge is 0.506 e. The molecule has 0 radical (unpaired) electrons. The van der Waals surface area contributed by atoms with E-state index >= 15 is 0 Å². The number of benzene rings is 2. The Labute approximate surface area is 164 Å². The van der Waals surface area contributed by atoms with Crippen LogP contribution in [0.25, 0.3) is 10.9 Å². The Bertz CT molecular complexity index is 1190. The van der Waals surface area contributed by atoms with Gasteiger partial charge in [0, 0.05) is 5.39 Å². The number of nitrogens with one attached hydrogen (secondary N) is 1. The SMILES string of the molecule is N#Cc1ccc(COn2c(=O)c(C(=O)NCC(=O)O)c(O)c3ccccc32)cc1. The summed E-state index contributed by atoms with van der Waals surface area (Å²) in [6, 6.07) is 14.8. The minimum Gasteiger partial charge on any atom is -0.506 e. The van der Waals surface area contributed by atoms with Crippen molar-refractivity contribution in [1.29, 1.82) is 5.26 Å². The predicted molar refractivity (Wildman–Crippen MR) is 101 cm³/mol. The first kappa shape index (κ1) is 19.4. The molecule has 146 valence electrons. The molecule has 0 bridgehead atoms. The maximum absolute atomic E-state index is 12.8. The number of hydrogen-bond donors (Lipinski definition) is 3. The van der Waals surface area contributed by atoms with E-state index in [1.807, 2.05) is 6.07 Å². The molecule has 1 amide bonds. The molecule has 29 heavy (non-hydrogen) atoms. The van der Waals surface area contributed by atoms with E-state index in [2.05, 4.69) is 5.32 Å². The van der Waals surface area contributed by atoms with E-state index in [9.17, 15) is 19.5 Å². The molecule has 3 N–H and O–H groups in total. The van der Waals surface area contributed by atoms with Crippen LogP contribution in [-0.4, -0.2) is 33.4 Å². The van der Waals surface area contributed by atoms with Gasteiger partial charge in [-0.25, -0.2) is 0 Å². The third-order valence-corrected chi connectivity index (χ3v) is 4.08. The maximum Gasteiger partial charge on any atom is 0.322 e. The van der Waals surface area contributed by atoms with Crippen LogP contribution in [-0.2, 0) is 11.4 Å². The number of aromatic hydroxyl groups is 1. The average Bonchev–Trinajstić information content (AvgIpc) is 2.72. The van der Waals surface area contributed by atoms with Crippen molar-refractivity contribution in [2.75, 3.05) is 6.54 Å². The summed E-state index contributed by atoms with van der Waals surface area (Å²) < 4.78 is 0.878. The molecule has 9 heteroatoms. The third kappa shape index (κ3) is 4.01. The lowest BCUT2D eigenvalue weighted by Gasteiger charge is -2.15. The number of carboxylic acid groups (broad SMARTS) is 1. The van der Waals surface area contributed by atoms with Crippen LogP contribution >= 0.6 is 0 Å². The molecule has 0 atom stereocenters. The van der Waals surface area contributed by atoms with Crippen molar-refractivity contribution in [2.24, 2.45) is 0 Å². The van der Waals surface area contributed by atoms with E-state index in [1.54, 1.807) is 36.4 Å². The smallest absolute Gasteiger partial charge is 0.322 e. The molecule has 0 unspecified atom stereocenters. The van der Waals surface area contributed by atoms with Gasteiger partial charge in [-0.2, -0.15) is 5.26 Å². The normalized spacial score (nSPS) is 10.3. The van der Waals surface area contributed by atoms with Gasteiger partial charge in [0.25, 0.3) is 11.5 Å². The fraction of sp³-hybridized carbons (Fsp3) is 0.100. The lowest BCUT2D eigenvalue weighted by Crippen LogP contribution is -2.37. The zero-order valence-corrected chi connectivity index (χ0v) is 15.0. The molecule has 1 heterocycles. The molecule has 0 saturated heterocycles. The number of hydrogen-bond acceptors (Lipinski definition) is 6. The minimum atomic E-state index is -1.30. The highest BCUT2D eigenvalue weighted by atomic mass is 16.7. The van der Waals surface area contributed by atoms with Crippen LogP contribution in [0.4, 0.5) is 0 Å². The van der Waals surface area contributed by atoms with Crippen LogP contribution in [0.3, 0.4) is 0 Å². The van der Waals surface area contributed by atoms with Gasteiger partial charge in [-0.15, -0.1) is 4.73 Å². The van der Waals surface area contributed by atoms with Crippen molar-refractivity contribution in [3.8, 4) is 11.8 Å². The summed E-state index contributed by atoms with van der Waals surface area (Å²) in [6.07, 6.45) is 0. The van der Waals surface area contributed by atoms with Crippen LogP contribution in [0.15, 0.2) is 53.3 Å². The monoisotopic (exact) mass is 393 g/mol. The second-order valence-corrected chi connectivity index (χ2v) is 6.00. The number of carboxylic acids is 1. The number of nitrogens with zero attached hydrogens (tertiary/aromatic N) is 2. The fourth-order valence-corrected chi connectivity index (χ4v) is 2.69. The second-order valence-electron chi connectivity index (χ2n) is 6.00. The lowest BCUT2D eigenvalue weighted by atomic mass is 10.1. The van der Waals surface area contributed by atoms with Gasteiger partial charge in [-0.1, -0.05) is 24.3 Å². The van der Waals surface area contributed by atoms with Gasteiger partial charge in [0.15, 0.2) is 5.56 Å². The van der Waals surface area contributed by atoms with Gasteiger partial charge in [-0.3, -0.25) is 14.4 Å². The summed E-state index contributed by atoms with van der Waals surface area (Å²) in [5.74, 6) is -2.89. The lowest BCUT2D eigenvalue weighted by molar-refractivity contribution is -0.135. The second kappa shape index (κ2) is 8.14. The van der Waals surface area contributed by atoms with Gasteiger partial charge in [0.05, 0.1) is 17.1 Å². The molecule has 0 fully saturated rings. The highest BCUT2D eigenvalue weighted by Gasteiger charge is 2.23.